The van der Waals surface area contributed by atoms with E-state index in [1.165, 1.54) is 11.8 Å². The Balaban J connectivity index is 2.32. The van der Waals surface area contributed by atoms with Gasteiger partial charge in [0.1, 0.15) is 11.7 Å². The fourth-order valence-corrected chi connectivity index (χ4v) is 3.33. The molecule has 0 N–H and O–H groups in total. The molecule has 1 amide bonds. The predicted octanol–water partition coefficient (Wildman–Crippen LogP) is 4.68. The van der Waals surface area contributed by atoms with Gasteiger partial charge in [-0.25, -0.2) is 8.78 Å². The molecule has 1 aromatic carbocycles. The second-order valence-electron chi connectivity index (χ2n) is 4.83. The fraction of sp³-hybridized carbons (Fsp3) is 0.400. The van der Waals surface area contributed by atoms with Gasteiger partial charge in [-0.15, -0.1) is 11.8 Å². The van der Waals surface area contributed by atoms with Crippen molar-refractivity contribution in [2.45, 2.75) is 16.8 Å². The normalized spacial score (nSPS) is 18.3. The maximum atomic E-state index is 12.8. The number of hydrogen-bond donors (Lipinski definition) is 0. The van der Waals surface area contributed by atoms with Gasteiger partial charge in [0.25, 0.3) is 6.43 Å². The van der Waals surface area contributed by atoms with Crippen LogP contribution in [-0.2, 0) is 4.79 Å². The molecule has 0 saturated heterocycles. The Morgan fingerprint density at radius 3 is 2.87 bits per heavy atom. The zero-order valence-electron chi connectivity index (χ0n) is 12.3. The molecule has 1 aromatic rings. The molecule has 8 heteroatoms. The van der Waals surface area contributed by atoms with Crippen LogP contribution in [0.5, 0.6) is 5.75 Å². The summed E-state index contributed by atoms with van der Waals surface area (Å²) in [4.78, 5) is 13.4. The smallest absolute Gasteiger partial charge is 0.256 e. The molecular weight excluding hydrogens is 459 g/mol. The molecule has 1 atom stereocenters. The van der Waals surface area contributed by atoms with E-state index in [-0.39, 0.29) is 9.83 Å². The molecule has 2 rings (SSSR count). The third-order valence-electron chi connectivity index (χ3n) is 3.22. The van der Waals surface area contributed by atoms with E-state index in [1.54, 1.807) is 24.3 Å². The van der Waals surface area contributed by atoms with Crippen LogP contribution in [0.25, 0.3) is 5.70 Å². The summed E-state index contributed by atoms with van der Waals surface area (Å²) in [5.74, 6) is 0.774. The lowest BCUT2D eigenvalue weighted by molar-refractivity contribution is -0.128. The van der Waals surface area contributed by atoms with Gasteiger partial charge in [-0.1, -0.05) is 40.3 Å². The van der Waals surface area contributed by atoms with Gasteiger partial charge >= 0.3 is 0 Å². The molecule has 0 bridgehead atoms. The van der Waals surface area contributed by atoms with Crippen LogP contribution in [0.3, 0.4) is 0 Å². The summed E-state index contributed by atoms with van der Waals surface area (Å²) in [6.07, 6.45) is 1.59. The number of carbonyl (C=O) groups is 1. The summed E-state index contributed by atoms with van der Waals surface area (Å²) >= 11 is 9.77. The summed E-state index contributed by atoms with van der Waals surface area (Å²) in [6.45, 7) is -0.634. The number of rotatable bonds is 6. The molecule has 0 aromatic heterocycles. The summed E-state index contributed by atoms with van der Waals surface area (Å²) in [6, 6.07) is 5.05. The molecule has 1 aliphatic rings. The number of halogens is 4. The molecule has 23 heavy (non-hydrogen) atoms. The molecular formula is C15H15ClF2INO2S. The van der Waals surface area contributed by atoms with E-state index in [0.717, 1.165) is 4.90 Å². The highest BCUT2D eigenvalue weighted by molar-refractivity contribution is 14.1. The highest BCUT2D eigenvalue weighted by atomic mass is 127. The molecule has 0 aliphatic carbocycles. The highest BCUT2D eigenvalue weighted by Gasteiger charge is 2.31. The van der Waals surface area contributed by atoms with Gasteiger partial charge in [0.2, 0.25) is 5.91 Å². The first kappa shape index (κ1) is 18.8. The Labute approximate surface area is 156 Å². The summed E-state index contributed by atoms with van der Waals surface area (Å²) < 4.78 is 30.8. The number of hydrogen-bond acceptors (Lipinski definition) is 3. The van der Waals surface area contributed by atoms with Crippen molar-refractivity contribution < 1.29 is 18.3 Å². The van der Waals surface area contributed by atoms with Gasteiger partial charge in [0.05, 0.1) is 15.5 Å². The lowest BCUT2D eigenvalue weighted by Gasteiger charge is -2.31. The quantitative estimate of drug-likeness (QED) is 0.341. The van der Waals surface area contributed by atoms with Gasteiger partial charge < -0.3 is 9.64 Å². The number of amides is 1. The topological polar surface area (TPSA) is 29.5 Å². The van der Waals surface area contributed by atoms with Crippen LogP contribution in [-0.4, -0.2) is 39.9 Å². The Morgan fingerprint density at radius 1 is 1.52 bits per heavy atom. The van der Waals surface area contributed by atoms with E-state index in [0.29, 0.717) is 34.4 Å². The van der Waals surface area contributed by atoms with Crippen LogP contribution >= 0.6 is 46.0 Å². The van der Waals surface area contributed by atoms with E-state index in [2.05, 4.69) is 0 Å². The van der Waals surface area contributed by atoms with Crippen molar-refractivity contribution in [3.63, 3.8) is 0 Å². The minimum Gasteiger partial charge on any atom is -0.483 e. The highest BCUT2D eigenvalue weighted by Crippen LogP contribution is 2.35. The Bertz CT molecular complexity index is 615. The van der Waals surface area contributed by atoms with Crippen molar-refractivity contribution in [2.75, 3.05) is 18.7 Å². The van der Waals surface area contributed by atoms with Gasteiger partial charge in [0, 0.05) is 11.3 Å². The Kier molecular flexibility index (Phi) is 6.97. The SMILES string of the molecule is CSCOc1ccc(C2=CCC(I)C(=O)N2CC(F)F)c(Cl)c1. The number of carbonyl (C=O) groups excluding carboxylic acids is 1. The largest absolute Gasteiger partial charge is 0.483 e. The van der Waals surface area contributed by atoms with Gasteiger partial charge in [0.15, 0.2) is 0 Å². The van der Waals surface area contributed by atoms with Crippen molar-refractivity contribution >= 4 is 57.6 Å². The Morgan fingerprint density at radius 2 is 2.26 bits per heavy atom. The number of benzene rings is 1. The zero-order chi connectivity index (χ0) is 17.0. The van der Waals surface area contributed by atoms with Gasteiger partial charge in [-0.05, 0) is 30.9 Å². The van der Waals surface area contributed by atoms with Crippen LogP contribution in [0.15, 0.2) is 24.3 Å². The minimum atomic E-state index is -2.60. The third kappa shape index (κ3) is 4.73. The van der Waals surface area contributed by atoms with Gasteiger partial charge in [-0.2, -0.15) is 0 Å². The summed E-state index contributed by atoms with van der Waals surface area (Å²) in [5, 5.41) is 0.369. The molecule has 0 fully saturated rings. The second-order valence-corrected chi connectivity index (χ2v) is 7.55. The van der Waals surface area contributed by atoms with Crippen LogP contribution in [0, 0.1) is 0 Å². The van der Waals surface area contributed by atoms with Crippen molar-refractivity contribution in [2.24, 2.45) is 0 Å². The lowest BCUT2D eigenvalue weighted by atomic mass is 10.0. The molecule has 126 valence electrons. The number of alkyl halides is 3. The van der Waals surface area contributed by atoms with E-state index < -0.39 is 13.0 Å². The van der Waals surface area contributed by atoms with Crippen molar-refractivity contribution in [3.05, 3.63) is 34.9 Å². The van der Waals surface area contributed by atoms with Crippen molar-refractivity contribution in [1.29, 1.82) is 0 Å². The number of ether oxygens (including phenoxy) is 1. The number of nitrogens with zero attached hydrogens (tertiary/aromatic N) is 1. The van der Waals surface area contributed by atoms with E-state index >= 15 is 0 Å². The maximum absolute atomic E-state index is 12.8. The average molecular weight is 474 g/mol. The lowest BCUT2D eigenvalue weighted by Crippen LogP contribution is -2.40. The third-order valence-corrected chi connectivity index (χ3v) is 4.93. The van der Waals surface area contributed by atoms with E-state index in [9.17, 15) is 13.6 Å². The standard InChI is InChI=1S/C15H15ClF2INO2S/c1-23-8-22-9-2-3-10(11(16)6-9)13-5-4-12(19)15(21)20(13)7-14(17)18/h2-3,5-6,12,14H,4,7-8H2,1H3. The summed E-state index contributed by atoms with van der Waals surface area (Å²) in [7, 11) is 0. The molecule has 0 saturated carbocycles. The first-order chi connectivity index (χ1) is 10.9. The molecule has 1 heterocycles. The molecule has 1 unspecified atom stereocenters. The number of thioether (sulfide) groups is 1. The zero-order valence-corrected chi connectivity index (χ0v) is 16.0. The number of allylic oxidation sites excluding steroid dienone is 1. The Hall–Kier alpha value is -0.540. The molecule has 0 spiro atoms. The maximum Gasteiger partial charge on any atom is 0.256 e. The predicted molar refractivity (Wildman–Crippen MR) is 98.6 cm³/mol. The first-order valence-electron chi connectivity index (χ1n) is 6.79. The fourth-order valence-electron chi connectivity index (χ4n) is 2.22. The van der Waals surface area contributed by atoms with Gasteiger partial charge in [-0.3, -0.25) is 4.79 Å². The molecule has 0 radical (unpaired) electrons. The molecule has 3 nitrogen and oxygen atoms in total. The van der Waals surface area contributed by atoms with E-state index in [1.807, 2.05) is 28.8 Å². The van der Waals surface area contributed by atoms with Crippen LogP contribution in [0.4, 0.5) is 8.78 Å². The first-order valence-corrected chi connectivity index (χ1v) is 9.81. The second kappa shape index (κ2) is 8.53. The summed E-state index contributed by atoms with van der Waals surface area (Å²) in [5.41, 5.74) is 0.991. The van der Waals surface area contributed by atoms with E-state index in [4.69, 9.17) is 16.3 Å². The van der Waals surface area contributed by atoms with Crippen LogP contribution < -0.4 is 4.74 Å². The van der Waals surface area contributed by atoms with Crippen LogP contribution in [0.2, 0.25) is 5.02 Å². The van der Waals surface area contributed by atoms with Crippen molar-refractivity contribution in [3.8, 4) is 5.75 Å². The van der Waals surface area contributed by atoms with Crippen LogP contribution in [0.1, 0.15) is 12.0 Å². The van der Waals surface area contributed by atoms with Crippen molar-refractivity contribution in [1.82, 2.24) is 4.90 Å². The molecule has 1 aliphatic heterocycles. The average Bonchev–Trinajstić information content (AvgIpc) is 2.50. The minimum absolute atomic E-state index is 0.317. The monoisotopic (exact) mass is 473 g/mol.